The van der Waals surface area contributed by atoms with Crippen LogP contribution in [0.4, 0.5) is 8.78 Å². The summed E-state index contributed by atoms with van der Waals surface area (Å²) in [6, 6.07) is 7.07. The maximum absolute atomic E-state index is 13.3. The van der Waals surface area contributed by atoms with Crippen LogP contribution in [0.3, 0.4) is 0 Å². The Bertz CT molecular complexity index is 876. The molecule has 0 radical (unpaired) electrons. The second-order valence-electron chi connectivity index (χ2n) is 4.95. The average molecular weight is 349 g/mol. The number of nitrogens with zero attached hydrogens (tertiary/aromatic N) is 2. The lowest BCUT2D eigenvalue weighted by atomic mass is 10.2. The predicted octanol–water partition coefficient (Wildman–Crippen LogP) is 3.77. The molecule has 24 heavy (non-hydrogen) atoms. The Morgan fingerprint density at radius 2 is 2.08 bits per heavy atom. The molecule has 0 bridgehead atoms. The van der Waals surface area contributed by atoms with E-state index in [2.05, 4.69) is 15.5 Å². The van der Waals surface area contributed by atoms with Crippen LogP contribution in [0.1, 0.15) is 18.2 Å². The minimum atomic E-state index is -0.975. The number of nitrogens with one attached hydrogen (secondary N) is 1. The third-order valence-corrected chi connectivity index (χ3v) is 4.34. The molecule has 0 saturated carbocycles. The standard InChI is InChI=1S/C16H13F2N3O2S/c1-2-14(22)19-8-10-4-6-13(24-10)15-20-16(23-21-15)9-3-5-11(17)12(18)7-9/h3-7H,2,8H2,1H3,(H,19,22). The van der Waals surface area contributed by atoms with Crippen molar-refractivity contribution < 1.29 is 18.1 Å². The molecule has 1 amide bonds. The molecule has 0 saturated heterocycles. The molecule has 3 rings (SSSR count). The molecular formula is C16H13F2N3O2S. The van der Waals surface area contributed by atoms with Crippen LogP contribution < -0.4 is 5.32 Å². The molecule has 124 valence electrons. The number of carbonyl (C=O) groups excluding carboxylic acids is 1. The van der Waals surface area contributed by atoms with E-state index in [-0.39, 0.29) is 11.8 Å². The zero-order valence-electron chi connectivity index (χ0n) is 12.7. The van der Waals surface area contributed by atoms with Crippen LogP contribution in [0.5, 0.6) is 0 Å². The van der Waals surface area contributed by atoms with Gasteiger partial charge in [0.2, 0.25) is 11.7 Å². The van der Waals surface area contributed by atoms with Crippen molar-refractivity contribution in [1.29, 1.82) is 0 Å². The van der Waals surface area contributed by atoms with Gasteiger partial charge in [0.25, 0.3) is 5.89 Å². The number of aromatic nitrogens is 2. The van der Waals surface area contributed by atoms with E-state index in [9.17, 15) is 13.6 Å². The van der Waals surface area contributed by atoms with E-state index < -0.39 is 11.6 Å². The van der Waals surface area contributed by atoms with Crippen molar-refractivity contribution in [2.24, 2.45) is 0 Å². The molecule has 0 spiro atoms. The van der Waals surface area contributed by atoms with Crippen LogP contribution in [0.15, 0.2) is 34.9 Å². The first-order valence-electron chi connectivity index (χ1n) is 7.21. The minimum absolute atomic E-state index is 0.0230. The molecule has 1 N–H and O–H groups in total. The number of rotatable bonds is 5. The number of benzene rings is 1. The normalized spacial score (nSPS) is 10.8. The first kappa shape index (κ1) is 16.3. The van der Waals surface area contributed by atoms with Gasteiger partial charge in [-0.05, 0) is 30.3 Å². The molecule has 0 unspecified atom stereocenters. The van der Waals surface area contributed by atoms with Crippen LogP contribution in [-0.4, -0.2) is 16.0 Å². The first-order chi connectivity index (χ1) is 11.6. The molecule has 0 aliphatic heterocycles. The molecule has 1 aromatic carbocycles. The topological polar surface area (TPSA) is 68.0 Å². The summed E-state index contributed by atoms with van der Waals surface area (Å²) in [5, 5.41) is 6.65. The van der Waals surface area contributed by atoms with Crippen molar-refractivity contribution in [1.82, 2.24) is 15.5 Å². The van der Waals surface area contributed by atoms with E-state index in [1.165, 1.54) is 17.4 Å². The third-order valence-electron chi connectivity index (χ3n) is 3.26. The highest BCUT2D eigenvalue weighted by molar-refractivity contribution is 7.15. The lowest BCUT2D eigenvalue weighted by Gasteiger charge is -1.99. The molecule has 0 atom stereocenters. The monoisotopic (exact) mass is 349 g/mol. The van der Waals surface area contributed by atoms with E-state index in [4.69, 9.17) is 4.52 Å². The summed E-state index contributed by atoms with van der Waals surface area (Å²) in [4.78, 5) is 17.2. The highest BCUT2D eigenvalue weighted by atomic mass is 32.1. The Morgan fingerprint density at radius 3 is 2.83 bits per heavy atom. The molecule has 3 aromatic rings. The minimum Gasteiger partial charge on any atom is -0.351 e. The molecular weight excluding hydrogens is 336 g/mol. The quantitative estimate of drug-likeness (QED) is 0.761. The highest BCUT2D eigenvalue weighted by Crippen LogP contribution is 2.28. The van der Waals surface area contributed by atoms with Crippen molar-refractivity contribution in [2.75, 3.05) is 0 Å². The average Bonchev–Trinajstić information content (AvgIpc) is 3.24. The molecule has 2 heterocycles. The molecule has 0 aliphatic carbocycles. The Kier molecular flexibility index (Phi) is 4.66. The fourth-order valence-electron chi connectivity index (χ4n) is 1.97. The molecule has 0 fully saturated rings. The van der Waals surface area contributed by atoms with Gasteiger partial charge in [0.05, 0.1) is 11.4 Å². The largest absolute Gasteiger partial charge is 0.351 e. The third kappa shape index (κ3) is 3.48. The Balaban J connectivity index is 1.77. The van der Waals surface area contributed by atoms with Crippen molar-refractivity contribution in [3.05, 3.63) is 46.8 Å². The number of halogens is 2. The van der Waals surface area contributed by atoms with E-state index in [0.29, 0.717) is 24.4 Å². The fourth-order valence-corrected chi connectivity index (χ4v) is 2.85. The van der Waals surface area contributed by atoms with E-state index >= 15 is 0 Å². The van der Waals surface area contributed by atoms with E-state index in [1.54, 1.807) is 6.92 Å². The summed E-state index contributed by atoms with van der Waals surface area (Å²) in [7, 11) is 0. The summed E-state index contributed by atoms with van der Waals surface area (Å²) in [6.45, 7) is 2.22. The van der Waals surface area contributed by atoms with Crippen molar-refractivity contribution in [3.8, 4) is 22.2 Å². The van der Waals surface area contributed by atoms with Gasteiger partial charge in [0.15, 0.2) is 11.6 Å². The van der Waals surface area contributed by atoms with Crippen LogP contribution in [-0.2, 0) is 11.3 Å². The Hall–Kier alpha value is -2.61. The fraction of sp³-hybridized carbons (Fsp3) is 0.188. The molecule has 5 nitrogen and oxygen atoms in total. The number of hydrogen-bond acceptors (Lipinski definition) is 5. The zero-order valence-corrected chi connectivity index (χ0v) is 13.5. The van der Waals surface area contributed by atoms with Gasteiger partial charge in [-0.2, -0.15) is 4.98 Å². The summed E-state index contributed by atoms with van der Waals surface area (Å²) < 4.78 is 31.4. The summed E-state index contributed by atoms with van der Waals surface area (Å²) >= 11 is 1.42. The van der Waals surface area contributed by atoms with Gasteiger partial charge >= 0.3 is 0 Å². The Labute approximate surface area is 140 Å². The summed E-state index contributed by atoms with van der Waals surface area (Å²) in [5.74, 6) is -1.47. The van der Waals surface area contributed by atoms with Gasteiger partial charge in [-0.3, -0.25) is 4.79 Å². The molecule has 0 aliphatic rings. The van der Waals surface area contributed by atoms with E-state index in [0.717, 1.165) is 21.9 Å². The van der Waals surface area contributed by atoms with Crippen molar-refractivity contribution >= 4 is 17.2 Å². The van der Waals surface area contributed by atoms with Crippen LogP contribution in [0, 0.1) is 11.6 Å². The summed E-state index contributed by atoms with van der Waals surface area (Å²) in [5.41, 5.74) is 0.305. The smallest absolute Gasteiger partial charge is 0.258 e. The van der Waals surface area contributed by atoms with Gasteiger partial charge in [-0.1, -0.05) is 12.1 Å². The number of hydrogen-bond donors (Lipinski definition) is 1. The van der Waals surface area contributed by atoms with Gasteiger partial charge in [0.1, 0.15) is 0 Å². The molecule has 2 aromatic heterocycles. The maximum Gasteiger partial charge on any atom is 0.258 e. The van der Waals surface area contributed by atoms with Crippen LogP contribution in [0.25, 0.3) is 22.2 Å². The number of thiophene rings is 1. The lowest BCUT2D eigenvalue weighted by Crippen LogP contribution is -2.20. The lowest BCUT2D eigenvalue weighted by molar-refractivity contribution is -0.120. The van der Waals surface area contributed by atoms with Crippen molar-refractivity contribution in [3.63, 3.8) is 0 Å². The SMILES string of the molecule is CCC(=O)NCc1ccc(-c2noc(-c3ccc(F)c(F)c3)n2)s1. The van der Waals surface area contributed by atoms with Gasteiger partial charge < -0.3 is 9.84 Å². The number of amides is 1. The van der Waals surface area contributed by atoms with Gasteiger partial charge in [0, 0.05) is 16.9 Å². The molecule has 8 heteroatoms. The van der Waals surface area contributed by atoms with Gasteiger partial charge in [-0.25, -0.2) is 8.78 Å². The zero-order chi connectivity index (χ0) is 17.1. The Morgan fingerprint density at radius 1 is 1.25 bits per heavy atom. The second-order valence-corrected chi connectivity index (χ2v) is 6.12. The maximum atomic E-state index is 13.3. The van der Waals surface area contributed by atoms with E-state index in [1.807, 2.05) is 12.1 Å². The number of carbonyl (C=O) groups is 1. The second kappa shape index (κ2) is 6.88. The highest BCUT2D eigenvalue weighted by Gasteiger charge is 2.14. The van der Waals surface area contributed by atoms with Crippen molar-refractivity contribution in [2.45, 2.75) is 19.9 Å². The predicted molar refractivity (Wildman–Crippen MR) is 85.1 cm³/mol. The summed E-state index contributed by atoms with van der Waals surface area (Å²) in [6.07, 6.45) is 0.431. The first-order valence-corrected chi connectivity index (χ1v) is 8.03. The van der Waals surface area contributed by atoms with Gasteiger partial charge in [-0.15, -0.1) is 11.3 Å². The van der Waals surface area contributed by atoms with Crippen LogP contribution in [0.2, 0.25) is 0 Å². The van der Waals surface area contributed by atoms with Crippen LogP contribution >= 0.6 is 11.3 Å².